The van der Waals surface area contributed by atoms with Crippen molar-refractivity contribution in [1.82, 2.24) is 29.4 Å². The van der Waals surface area contributed by atoms with Gasteiger partial charge in [0.25, 0.3) is 11.6 Å². The van der Waals surface area contributed by atoms with E-state index in [0.29, 0.717) is 11.5 Å². The lowest BCUT2D eigenvalue weighted by Gasteiger charge is -2.16. The van der Waals surface area contributed by atoms with Crippen molar-refractivity contribution in [3.63, 3.8) is 0 Å². The Morgan fingerprint density at radius 3 is 2.50 bits per heavy atom. The maximum absolute atomic E-state index is 12.8. The van der Waals surface area contributed by atoms with E-state index in [0.717, 1.165) is 15.8 Å². The van der Waals surface area contributed by atoms with Gasteiger partial charge in [0.15, 0.2) is 0 Å². The Labute approximate surface area is 135 Å². The number of hydrogen-bond acceptors (Lipinski definition) is 5. The lowest BCUT2D eigenvalue weighted by molar-refractivity contribution is -0.144. The number of alkyl halides is 3. The molecule has 3 aromatic rings. The van der Waals surface area contributed by atoms with E-state index < -0.39 is 12.0 Å². The van der Waals surface area contributed by atoms with Gasteiger partial charge in [-0.05, 0) is 20.8 Å². The highest BCUT2D eigenvalue weighted by Crippen LogP contribution is 2.28. The molecule has 0 radical (unpaired) electrons. The second kappa shape index (κ2) is 5.46. The molecule has 1 N–H and O–H groups in total. The first kappa shape index (κ1) is 16.2. The zero-order valence-corrected chi connectivity index (χ0v) is 13.5. The van der Waals surface area contributed by atoms with Crippen LogP contribution in [0, 0.1) is 13.8 Å². The van der Waals surface area contributed by atoms with Gasteiger partial charge < -0.3 is 5.32 Å². The first-order valence-electron chi connectivity index (χ1n) is 7.23. The van der Waals surface area contributed by atoms with E-state index >= 15 is 0 Å². The number of halogens is 3. The highest BCUT2D eigenvalue weighted by atomic mass is 19.4. The summed E-state index contributed by atoms with van der Waals surface area (Å²) in [6.07, 6.45) is -2.90. The smallest absolute Gasteiger partial charge is 0.363 e. The predicted octanol–water partition coefficient (Wildman–Crippen LogP) is 2.67. The fourth-order valence-electron chi connectivity index (χ4n) is 2.45. The molecule has 0 aromatic carbocycles. The van der Waals surface area contributed by atoms with Crippen molar-refractivity contribution >= 4 is 11.6 Å². The van der Waals surface area contributed by atoms with Crippen molar-refractivity contribution in [1.29, 1.82) is 0 Å². The van der Waals surface area contributed by atoms with Crippen LogP contribution < -0.4 is 5.32 Å². The molecule has 0 saturated carbocycles. The molecule has 1 atom stereocenters. The molecule has 0 unspecified atom stereocenters. The van der Waals surface area contributed by atoms with Gasteiger partial charge in [0.1, 0.15) is 5.82 Å². The number of rotatable bonds is 3. The number of anilines is 1. The summed E-state index contributed by atoms with van der Waals surface area (Å²) in [5.74, 6) is -0.926. The maximum atomic E-state index is 12.8. The number of aryl methyl sites for hydroxylation is 2. The molecule has 0 aliphatic rings. The van der Waals surface area contributed by atoms with Crippen LogP contribution in [-0.4, -0.2) is 29.4 Å². The van der Waals surface area contributed by atoms with Crippen LogP contribution >= 0.6 is 0 Å². The largest absolute Gasteiger partial charge is 0.453 e. The number of aromatic nitrogens is 6. The Morgan fingerprint density at radius 1 is 1.21 bits per heavy atom. The molecule has 0 spiro atoms. The van der Waals surface area contributed by atoms with Crippen LogP contribution in [0.1, 0.15) is 35.7 Å². The average Bonchev–Trinajstić information content (AvgIpc) is 3.03. The molecular weight excluding hydrogens is 323 g/mol. The first-order chi connectivity index (χ1) is 11.2. The molecule has 128 valence electrons. The van der Waals surface area contributed by atoms with E-state index in [-0.39, 0.29) is 11.8 Å². The van der Waals surface area contributed by atoms with Crippen LogP contribution in [0.2, 0.25) is 0 Å². The van der Waals surface area contributed by atoms with E-state index in [1.165, 1.54) is 0 Å². The molecule has 24 heavy (non-hydrogen) atoms. The summed E-state index contributed by atoms with van der Waals surface area (Å²) in [5.41, 5.74) is 2.45. The second-order valence-corrected chi connectivity index (χ2v) is 5.60. The minimum atomic E-state index is -4.62. The molecular formula is C14H16F3N7. The van der Waals surface area contributed by atoms with E-state index in [1.54, 1.807) is 23.9 Å². The minimum absolute atomic E-state index is 0.0973. The van der Waals surface area contributed by atoms with Gasteiger partial charge in [0.05, 0.1) is 12.2 Å². The third-order valence-electron chi connectivity index (χ3n) is 3.80. The van der Waals surface area contributed by atoms with Gasteiger partial charge in [-0.2, -0.15) is 27.8 Å². The lowest BCUT2D eigenvalue weighted by Crippen LogP contribution is -2.13. The van der Waals surface area contributed by atoms with E-state index in [4.69, 9.17) is 0 Å². The summed E-state index contributed by atoms with van der Waals surface area (Å²) in [4.78, 5) is 7.47. The Balaban J connectivity index is 2.02. The van der Waals surface area contributed by atoms with E-state index in [9.17, 15) is 13.2 Å². The van der Waals surface area contributed by atoms with Crippen LogP contribution in [0.4, 0.5) is 19.0 Å². The highest BCUT2D eigenvalue weighted by molar-refractivity contribution is 5.47. The molecule has 3 heterocycles. The van der Waals surface area contributed by atoms with Crippen molar-refractivity contribution in [3.05, 3.63) is 35.0 Å². The van der Waals surface area contributed by atoms with Gasteiger partial charge >= 0.3 is 6.18 Å². The second-order valence-electron chi connectivity index (χ2n) is 5.60. The highest BCUT2D eigenvalue weighted by Gasteiger charge is 2.37. The fraction of sp³-hybridized carbons (Fsp3) is 0.429. The van der Waals surface area contributed by atoms with Gasteiger partial charge in [-0.3, -0.25) is 4.68 Å². The Hall–Kier alpha value is -2.65. The molecule has 0 fully saturated rings. The molecule has 7 nitrogen and oxygen atoms in total. The summed E-state index contributed by atoms with van der Waals surface area (Å²) >= 11 is 0. The van der Waals surface area contributed by atoms with Crippen LogP contribution in [0.25, 0.3) is 5.78 Å². The van der Waals surface area contributed by atoms with E-state index in [1.807, 2.05) is 20.9 Å². The minimum Gasteiger partial charge on any atom is -0.363 e. The fourth-order valence-corrected chi connectivity index (χ4v) is 2.45. The zero-order valence-electron chi connectivity index (χ0n) is 13.5. The van der Waals surface area contributed by atoms with Gasteiger partial charge in [0, 0.05) is 30.1 Å². The van der Waals surface area contributed by atoms with Gasteiger partial charge in [-0.25, -0.2) is 4.98 Å². The molecule has 0 saturated heterocycles. The Kier molecular flexibility index (Phi) is 3.69. The third-order valence-corrected chi connectivity index (χ3v) is 3.80. The molecule has 0 amide bonds. The molecule has 3 rings (SSSR count). The van der Waals surface area contributed by atoms with Crippen LogP contribution in [-0.2, 0) is 13.2 Å². The van der Waals surface area contributed by atoms with Crippen LogP contribution in [0.3, 0.4) is 0 Å². The SMILES string of the molecule is Cc1cc(N[C@@H](C)c2cnn(C)c2C)n2nc(C(F)(F)F)nc2n1. The molecule has 0 aliphatic heterocycles. The van der Waals surface area contributed by atoms with Crippen molar-refractivity contribution < 1.29 is 13.2 Å². The number of fused-ring (bicyclic) bond motifs is 1. The lowest BCUT2D eigenvalue weighted by atomic mass is 10.1. The van der Waals surface area contributed by atoms with Crippen molar-refractivity contribution in [2.75, 3.05) is 5.32 Å². The predicted molar refractivity (Wildman–Crippen MR) is 80.5 cm³/mol. The van der Waals surface area contributed by atoms with Gasteiger partial charge in [-0.15, -0.1) is 5.10 Å². The van der Waals surface area contributed by atoms with Crippen molar-refractivity contribution in [3.8, 4) is 0 Å². The monoisotopic (exact) mass is 339 g/mol. The average molecular weight is 339 g/mol. The Bertz CT molecular complexity index is 894. The maximum Gasteiger partial charge on any atom is 0.453 e. The number of hydrogen-bond donors (Lipinski definition) is 1. The molecule has 3 aromatic heterocycles. The summed E-state index contributed by atoms with van der Waals surface area (Å²) in [7, 11) is 1.83. The summed E-state index contributed by atoms with van der Waals surface area (Å²) in [5, 5.41) is 10.9. The molecule has 10 heteroatoms. The van der Waals surface area contributed by atoms with Crippen molar-refractivity contribution in [2.45, 2.75) is 33.0 Å². The topological polar surface area (TPSA) is 72.9 Å². The first-order valence-corrected chi connectivity index (χ1v) is 7.23. The molecule has 0 bridgehead atoms. The number of nitrogens with zero attached hydrogens (tertiary/aromatic N) is 6. The third kappa shape index (κ3) is 2.79. The normalized spacial score (nSPS) is 13.5. The quantitative estimate of drug-likeness (QED) is 0.794. The standard InChI is InChI=1S/C14H16F3N7/c1-7-5-11(20-8(2)10-6-18-23(4)9(10)3)24-13(19-7)21-12(22-24)14(15,16)17/h5-6,8,20H,1-4H3/t8-/m0/s1. The van der Waals surface area contributed by atoms with E-state index in [2.05, 4.69) is 25.5 Å². The van der Waals surface area contributed by atoms with Gasteiger partial charge in [-0.1, -0.05) is 0 Å². The molecule has 0 aliphatic carbocycles. The van der Waals surface area contributed by atoms with Crippen LogP contribution in [0.5, 0.6) is 0 Å². The van der Waals surface area contributed by atoms with Crippen LogP contribution in [0.15, 0.2) is 12.3 Å². The van der Waals surface area contributed by atoms with Gasteiger partial charge in [0.2, 0.25) is 0 Å². The number of nitrogens with one attached hydrogen (secondary N) is 1. The Morgan fingerprint density at radius 2 is 1.92 bits per heavy atom. The summed E-state index contributed by atoms with van der Waals surface area (Å²) < 4.78 is 41.3. The zero-order chi connectivity index (χ0) is 17.6. The van der Waals surface area contributed by atoms with Crippen molar-refractivity contribution in [2.24, 2.45) is 7.05 Å². The summed E-state index contributed by atoms with van der Waals surface area (Å²) in [6.45, 7) is 5.51. The summed E-state index contributed by atoms with van der Waals surface area (Å²) in [6, 6.07) is 1.45.